The van der Waals surface area contributed by atoms with Crippen molar-refractivity contribution < 1.29 is 24.3 Å². The van der Waals surface area contributed by atoms with Gasteiger partial charge < -0.3 is 9.90 Å². The number of hydrogen-bond acceptors (Lipinski definition) is 5. The molecular weight excluding hydrogens is 1350 g/mol. The maximum Gasteiger partial charge on any atom is 0.156 e. The fourth-order valence-electron chi connectivity index (χ4n) is 18.5. The van der Waals surface area contributed by atoms with Crippen LogP contribution in [-0.4, -0.2) is 39.2 Å². The maximum atomic E-state index is 11.9. The third-order valence-corrected chi connectivity index (χ3v) is 27.5. The molecule has 0 radical (unpaired) electrons. The van der Waals surface area contributed by atoms with Crippen LogP contribution in [0.5, 0.6) is 0 Å². The minimum atomic E-state index is -0.285. The smallest absolute Gasteiger partial charge is 0.156 e. The molecule has 0 aromatic rings. The number of carbonyl (C=O) groups excluding carboxylic acids is 4. The molecule has 5 unspecified atom stereocenters. The van der Waals surface area contributed by atoms with Gasteiger partial charge in [-0.1, -0.05) is 177 Å². The monoisotopic (exact) mass is 1440 g/mol. The summed E-state index contributed by atoms with van der Waals surface area (Å²) in [5.41, 5.74) is 11.0. The quantitative estimate of drug-likeness (QED) is 0.163. The molecule has 10 aliphatic carbocycles. The first kappa shape index (κ1) is 65.8. The van der Waals surface area contributed by atoms with E-state index in [1.807, 2.05) is 6.92 Å². The van der Waals surface area contributed by atoms with Crippen LogP contribution in [0.15, 0.2) is 76.1 Å². The van der Waals surface area contributed by atoms with Crippen LogP contribution in [0.4, 0.5) is 0 Å². The lowest BCUT2D eigenvalue weighted by Crippen LogP contribution is -2.47. The molecule has 8 saturated carbocycles. The van der Waals surface area contributed by atoms with Gasteiger partial charge >= 0.3 is 0 Å². The Balaban J connectivity index is 0.000000156. The molecule has 10 aliphatic rings. The van der Waals surface area contributed by atoms with Crippen molar-refractivity contribution in [2.45, 2.75) is 227 Å². The summed E-state index contributed by atoms with van der Waals surface area (Å²) in [5.74, 6) is 5.21. The Morgan fingerprint density at radius 2 is 1.00 bits per heavy atom. The number of fused-ring (bicyclic) bond motifs is 5. The number of halogens is 6. The van der Waals surface area contributed by atoms with Crippen LogP contribution in [0, 0.1) is 74.4 Å². The van der Waals surface area contributed by atoms with Crippen molar-refractivity contribution in [3.63, 3.8) is 0 Å². The van der Waals surface area contributed by atoms with Gasteiger partial charge in [0.25, 0.3) is 0 Å². The molecule has 0 bridgehead atoms. The Hall–Kier alpha value is -0.300. The minimum absolute atomic E-state index is 0.108. The van der Waals surface area contributed by atoms with E-state index in [1.54, 1.807) is 26.3 Å². The van der Waals surface area contributed by atoms with Gasteiger partial charge in [0.15, 0.2) is 5.78 Å². The van der Waals surface area contributed by atoms with Gasteiger partial charge in [0.1, 0.15) is 17.9 Å². The van der Waals surface area contributed by atoms with Gasteiger partial charge in [-0.2, -0.15) is 0 Å². The first-order chi connectivity index (χ1) is 36.4. The maximum absolute atomic E-state index is 11.9. The fourth-order valence-corrected chi connectivity index (χ4v) is 21.9. The number of hydrogen-bond donors (Lipinski definition) is 1. The molecule has 10 rings (SSSR count). The van der Waals surface area contributed by atoms with Crippen LogP contribution in [0.1, 0.15) is 217 Å². The molecular formula is C66H94Br6O5. The number of Topliss-reactive ketones (excluding diaryl/α,β-unsaturated/α-hetero) is 3. The molecule has 5 nitrogen and oxygen atoms in total. The summed E-state index contributed by atoms with van der Waals surface area (Å²) in [6.45, 7) is 20.8. The number of allylic oxidation sites excluding steroid dienone is 8. The molecule has 1 N–H and O–H groups in total. The molecule has 0 aliphatic heterocycles. The van der Waals surface area contributed by atoms with Crippen molar-refractivity contribution in [3.05, 3.63) is 76.1 Å². The van der Waals surface area contributed by atoms with Gasteiger partial charge in [-0.15, -0.1) is 0 Å². The number of rotatable bonds is 6. The zero-order chi connectivity index (χ0) is 56.9. The molecule has 0 saturated heterocycles. The van der Waals surface area contributed by atoms with E-state index in [0.29, 0.717) is 58.4 Å². The molecule has 15 atom stereocenters. The highest BCUT2D eigenvalue weighted by molar-refractivity contribution is 9.12. The van der Waals surface area contributed by atoms with Crippen LogP contribution in [0.2, 0.25) is 0 Å². The topological polar surface area (TPSA) is 88.5 Å². The summed E-state index contributed by atoms with van der Waals surface area (Å²) in [4.78, 5) is 56.8. The normalized spacial score (nSPS) is 42.0. The van der Waals surface area contributed by atoms with Crippen LogP contribution in [0.3, 0.4) is 0 Å². The Morgan fingerprint density at radius 3 is 1.49 bits per heavy atom. The Morgan fingerprint density at radius 1 is 0.558 bits per heavy atom. The Labute approximate surface area is 516 Å². The first-order valence-corrected chi connectivity index (χ1v) is 35.0. The lowest BCUT2D eigenvalue weighted by molar-refractivity contribution is -0.124. The highest BCUT2D eigenvalue weighted by Crippen LogP contribution is 2.64. The molecule has 0 heterocycles. The van der Waals surface area contributed by atoms with E-state index in [1.165, 1.54) is 131 Å². The molecule has 11 heteroatoms. The van der Waals surface area contributed by atoms with Gasteiger partial charge in [0.2, 0.25) is 0 Å². The van der Waals surface area contributed by atoms with Gasteiger partial charge in [0.05, 0.1) is 10.4 Å². The molecule has 0 aromatic heterocycles. The molecule has 77 heavy (non-hydrogen) atoms. The van der Waals surface area contributed by atoms with E-state index in [2.05, 4.69) is 174 Å². The highest BCUT2D eigenvalue weighted by atomic mass is 79.9. The average Bonchev–Trinajstić information content (AvgIpc) is 4.28. The van der Waals surface area contributed by atoms with Gasteiger partial charge in [0, 0.05) is 17.3 Å². The molecule has 8 fully saturated rings. The van der Waals surface area contributed by atoms with E-state index in [-0.39, 0.29) is 43.8 Å². The molecule has 430 valence electrons. The molecule has 0 amide bonds. The first-order valence-electron chi connectivity index (χ1n) is 29.6. The Kier molecular flexibility index (Phi) is 23.6. The third kappa shape index (κ3) is 13.0. The fraction of sp³-hybridized carbons (Fsp3) is 0.727. The summed E-state index contributed by atoms with van der Waals surface area (Å²) in [6.07, 6.45) is 32.7. The number of aldehydes is 1. The minimum Gasteiger partial charge on any atom is -0.389 e. The lowest BCUT2D eigenvalue weighted by atomic mass is 9.61. The van der Waals surface area contributed by atoms with Crippen molar-refractivity contribution in [2.75, 3.05) is 0 Å². The van der Waals surface area contributed by atoms with Crippen molar-refractivity contribution >= 4 is 119 Å². The highest BCUT2D eigenvalue weighted by Gasteiger charge is 2.60. The third-order valence-electron chi connectivity index (χ3n) is 22.7. The van der Waals surface area contributed by atoms with Gasteiger partial charge in [-0.25, -0.2) is 0 Å². The van der Waals surface area contributed by atoms with E-state index in [9.17, 15) is 24.3 Å². The number of alkyl halides is 1. The standard InChI is InChI=1S/C14H21BrO.C13H18Br2O.2C13H19BrO.C13H17BrO/c1-10(9-16)12-5-6-13-11(8-15)4-3-7-14(12,13)2;1-9(16)13(15)7-5-11-10(8-14)4-3-6-12(11,13)2;3*1-9(15)11-5-6-12-10(8-14)4-3-7-13(11,12)2/h8-10,12-13H,3-7H2,1-2H3;8,11H,3-7H2,1-2H3;8,11-12H,3-7H2,1-2H3;5,8-9,12,15H,3-4,6-7H2,1-2H3;5,8,12H,3-4,6-7H2,1-2H3/b11-8+;4*10-8+/t10-,12-,13?,14-;11?,12-,13-;11-,12?,13-;9-,12?,13+;12?,13-/m10101/s1. The number of aliphatic hydroxyl groups is 1. The van der Waals surface area contributed by atoms with Gasteiger partial charge in [-0.3, -0.25) is 14.4 Å². The van der Waals surface area contributed by atoms with Crippen molar-refractivity contribution in [1.29, 1.82) is 0 Å². The second-order valence-electron chi connectivity index (χ2n) is 26.5. The van der Waals surface area contributed by atoms with Gasteiger partial charge in [-0.05, 0) is 269 Å². The second-order valence-corrected chi connectivity index (χ2v) is 30.2. The predicted molar refractivity (Wildman–Crippen MR) is 343 cm³/mol. The van der Waals surface area contributed by atoms with Crippen molar-refractivity contribution in [3.8, 4) is 0 Å². The summed E-state index contributed by atoms with van der Waals surface area (Å²) < 4.78 is -0.285. The van der Waals surface area contributed by atoms with E-state index in [0.717, 1.165) is 56.8 Å². The summed E-state index contributed by atoms with van der Waals surface area (Å²) in [5, 5.41) is 9.82. The summed E-state index contributed by atoms with van der Waals surface area (Å²) in [6, 6.07) is 0. The largest absolute Gasteiger partial charge is 0.389 e. The van der Waals surface area contributed by atoms with Crippen LogP contribution in [0.25, 0.3) is 0 Å². The zero-order valence-corrected chi connectivity index (χ0v) is 57.9. The Bertz CT molecular complexity index is 2380. The van der Waals surface area contributed by atoms with E-state index >= 15 is 0 Å². The zero-order valence-electron chi connectivity index (χ0n) is 48.4. The second kappa shape index (κ2) is 27.6. The molecule has 0 aromatic carbocycles. The SMILES string of the molecule is CC(=O)C1=CCC2/C(=C/Br)CCC[C@]12C.CC(=O)[C@@]1(Br)CCC2/C(=C/Br)CCC[C@@]21C.CC(=O)[C@H]1CCC2/C(=C/Br)CCC[C@@]21C.C[C@H](C=O)[C@H]1CCC2/C(=C/Br)CCC[C@@]21C.C[C@H](O)C1=CCC2/C(=C/Br)CCC[C@]12C. The van der Waals surface area contributed by atoms with Crippen molar-refractivity contribution in [1.82, 2.24) is 0 Å². The van der Waals surface area contributed by atoms with E-state index in [4.69, 9.17) is 0 Å². The van der Waals surface area contributed by atoms with Crippen LogP contribution >= 0.6 is 95.6 Å². The summed E-state index contributed by atoms with van der Waals surface area (Å²) >= 11 is 21.2. The lowest BCUT2D eigenvalue weighted by Gasteiger charge is -2.45. The average molecular weight is 1450 g/mol. The van der Waals surface area contributed by atoms with Crippen molar-refractivity contribution in [2.24, 2.45) is 74.4 Å². The number of ketones is 3. The predicted octanol–water partition coefficient (Wildman–Crippen LogP) is 20.7. The van der Waals surface area contributed by atoms with Crippen LogP contribution < -0.4 is 0 Å². The summed E-state index contributed by atoms with van der Waals surface area (Å²) in [7, 11) is 0. The van der Waals surface area contributed by atoms with E-state index < -0.39 is 0 Å². The number of aliphatic hydroxyl groups excluding tert-OH is 1. The molecule has 0 spiro atoms. The van der Waals surface area contributed by atoms with Crippen LogP contribution in [-0.2, 0) is 19.2 Å². The number of carbonyl (C=O) groups is 4.